The summed E-state index contributed by atoms with van der Waals surface area (Å²) in [5, 5.41) is 18.0. The summed E-state index contributed by atoms with van der Waals surface area (Å²) in [5.74, 6) is -0.494. The minimum atomic E-state index is -0.494. The van der Waals surface area contributed by atoms with Crippen LogP contribution in [0.1, 0.15) is 16.1 Å². The number of nitro benzene ring substituents is 1. The Morgan fingerprint density at radius 3 is 2.52 bits per heavy atom. The fourth-order valence-electron chi connectivity index (χ4n) is 2.42. The average Bonchev–Trinajstić information content (AvgIpc) is 2.95. The van der Waals surface area contributed by atoms with Gasteiger partial charge >= 0.3 is 0 Å². The highest BCUT2D eigenvalue weighted by atomic mass is 35.5. The van der Waals surface area contributed by atoms with Crippen molar-refractivity contribution < 1.29 is 9.72 Å². The maximum atomic E-state index is 12.5. The molecular formula is C18H15ClN4O3S. The Bertz CT molecular complexity index is 998. The molecule has 0 aliphatic heterocycles. The molecule has 0 fully saturated rings. The van der Waals surface area contributed by atoms with Crippen LogP contribution in [0.5, 0.6) is 0 Å². The van der Waals surface area contributed by atoms with Gasteiger partial charge in [0.05, 0.1) is 16.1 Å². The van der Waals surface area contributed by atoms with E-state index < -0.39 is 10.8 Å². The molecule has 3 rings (SSSR count). The molecule has 7 nitrogen and oxygen atoms in total. The third-order valence-corrected chi connectivity index (χ3v) is 4.98. The number of anilines is 1. The molecule has 138 valence electrons. The van der Waals surface area contributed by atoms with E-state index >= 15 is 0 Å². The predicted molar refractivity (Wildman–Crippen MR) is 105 cm³/mol. The van der Waals surface area contributed by atoms with Crippen LogP contribution in [0.3, 0.4) is 0 Å². The molecule has 1 N–H and O–H groups in total. The first-order valence-electron chi connectivity index (χ1n) is 7.86. The highest BCUT2D eigenvalue weighted by Crippen LogP contribution is 2.33. The van der Waals surface area contributed by atoms with E-state index in [1.54, 1.807) is 13.1 Å². The first-order valence-corrected chi connectivity index (χ1v) is 9.06. The van der Waals surface area contributed by atoms with Gasteiger partial charge in [-0.15, -0.1) is 0 Å². The summed E-state index contributed by atoms with van der Waals surface area (Å²) in [5.41, 5.74) is 1.50. The van der Waals surface area contributed by atoms with Gasteiger partial charge in [-0.05, 0) is 25.1 Å². The van der Waals surface area contributed by atoms with Crippen LogP contribution in [0.4, 0.5) is 11.4 Å². The number of nitro groups is 1. The topological polar surface area (TPSA) is 90.1 Å². The van der Waals surface area contributed by atoms with E-state index in [1.807, 2.05) is 31.2 Å². The highest BCUT2D eigenvalue weighted by molar-refractivity contribution is 7.99. The maximum Gasteiger partial charge on any atom is 0.275 e. The summed E-state index contributed by atoms with van der Waals surface area (Å²) in [6.07, 6.45) is 1.36. The lowest BCUT2D eigenvalue weighted by molar-refractivity contribution is -0.385. The number of aryl methyl sites for hydroxylation is 2. The summed E-state index contributed by atoms with van der Waals surface area (Å²) in [6.45, 7) is 1.99. The number of nitrogens with one attached hydrogen (secondary N) is 1. The molecule has 0 saturated carbocycles. The smallest absolute Gasteiger partial charge is 0.275 e. The molecule has 3 aromatic rings. The number of nitrogens with zero attached hydrogens (tertiary/aromatic N) is 3. The van der Waals surface area contributed by atoms with E-state index in [0.29, 0.717) is 10.6 Å². The number of rotatable bonds is 5. The van der Waals surface area contributed by atoms with Crippen molar-refractivity contribution in [2.75, 3.05) is 5.32 Å². The van der Waals surface area contributed by atoms with Gasteiger partial charge in [0, 0.05) is 34.7 Å². The van der Waals surface area contributed by atoms with Crippen LogP contribution in [-0.4, -0.2) is 20.6 Å². The van der Waals surface area contributed by atoms with Gasteiger partial charge in [-0.1, -0.05) is 41.1 Å². The van der Waals surface area contributed by atoms with Crippen molar-refractivity contribution in [3.05, 3.63) is 75.1 Å². The number of carbonyl (C=O) groups excluding carboxylic acids is 1. The van der Waals surface area contributed by atoms with Crippen molar-refractivity contribution in [2.24, 2.45) is 7.05 Å². The Hall–Kier alpha value is -2.84. The molecule has 0 radical (unpaired) electrons. The maximum absolute atomic E-state index is 12.5. The summed E-state index contributed by atoms with van der Waals surface area (Å²) in [6, 6.07) is 12.3. The lowest BCUT2D eigenvalue weighted by Gasteiger charge is -2.09. The molecule has 0 aliphatic carbocycles. The zero-order chi connectivity index (χ0) is 19.6. The zero-order valence-electron chi connectivity index (χ0n) is 14.5. The third-order valence-electron chi connectivity index (χ3n) is 3.73. The van der Waals surface area contributed by atoms with Gasteiger partial charge in [-0.2, -0.15) is 5.10 Å². The largest absolute Gasteiger partial charge is 0.320 e. The molecule has 27 heavy (non-hydrogen) atoms. The van der Waals surface area contributed by atoms with Gasteiger partial charge < -0.3 is 5.32 Å². The Kier molecular flexibility index (Phi) is 5.48. The number of aromatic nitrogens is 2. The fourth-order valence-corrected chi connectivity index (χ4v) is 3.58. The summed E-state index contributed by atoms with van der Waals surface area (Å²) in [7, 11) is 1.59. The molecular weight excluding hydrogens is 388 g/mol. The van der Waals surface area contributed by atoms with E-state index in [4.69, 9.17) is 11.6 Å². The SMILES string of the molecule is Cc1ccc(Sc2cc(NC(=O)c3c(Cl)cnn3C)cc([N+](=O)[O-])c2)cc1. The Labute approximate surface area is 164 Å². The minimum Gasteiger partial charge on any atom is -0.320 e. The molecule has 0 bridgehead atoms. The van der Waals surface area contributed by atoms with Gasteiger partial charge in [0.2, 0.25) is 0 Å². The van der Waals surface area contributed by atoms with Crippen molar-refractivity contribution in [1.29, 1.82) is 0 Å². The molecule has 0 aliphatic rings. The molecule has 0 spiro atoms. The number of carbonyl (C=O) groups is 1. The van der Waals surface area contributed by atoms with Crippen molar-refractivity contribution >= 4 is 40.6 Å². The first-order chi connectivity index (χ1) is 12.8. The monoisotopic (exact) mass is 402 g/mol. The summed E-state index contributed by atoms with van der Waals surface area (Å²) >= 11 is 7.36. The lowest BCUT2D eigenvalue weighted by Crippen LogP contribution is -2.16. The van der Waals surface area contributed by atoms with Crippen molar-refractivity contribution in [3.8, 4) is 0 Å². The van der Waals surface area contributed by atoms with E-state index in [1.165, 1.54) is 34.8 Å². The molecule has 1 amide bonds. The van der Waals surface area contributed by atoms with Crippen LogP contribution in [0.2, 0.25) is 5.02 Å². The normalized spacial score (nSPS) is 10.6. The first kappa shape index (κ1) is 18.9. The van der Waals surface area contributed by atoms with Gasteiger partial charge in [0.25, 0.3) is 11.6 Å². The van der Waals surface area contributed by atoms with Crippen LogP contribution in [0.15, 0.2) is 58.5 Å². The van der Waals surface area contributed by atoms with Crippen LogP contribution >= 0.6 is 23.4 Å². The molecule has 0 saturated heterocycles. The number of benzene rings is 2. The molecule has 9 heteroatoms. The predicted octanol–water partition coefficient (Wildman–Crippen LogP) is 4.69. The summed E-state index contributed by atoms with van der Waals surface area (Å²) in [4.78, 5) is 24.8. The van der Waals surface area contributed by atoms with Crippen LogP contribution in [0, 0.1) is 17.0 Å². The minimum absolute atomic E-state index is 0.112. The van der Waals surface area contributed by atoms with Crippen molar-refractivity contribution in [1.82, 2.24) is 9.78 Å². The number of hydrogen-bond donors (Lipinski definition) is 1. The third kappa shape index (κ3) is 4.47. The quantitative estimate of drug-likeness (QED) is 0.493. The standard InChI is InChI=1S/C18H15ClN4O3S/c1-11-3-5-14(6-4-11)27-15-8-12(7-13(9-15)23(25)26)21-18(24)17-16(19)10-20-22(17)2/h3-10H,1-2H3,(H,21,24). The van der Waals surface area contributed by atoms with Gasteiger partial charge in [0.15, 0.2) is 0 Å². The highest BCUT2D eigenvalue weighted by Gasteiger charge is 2.18. The van der Waals surface area contributed by atoms with Crippen LogP contribution in [0.25, 0.3) is 0 Å². The second kappa shape index (κ2) is 7.81. The number of amides is 1. The van der Waals surface area contributed by atoms with Gasteiger partial charge in [-0.25, -0.2) is 0 Å². The molecule has 0 unspecified atom stereocenters. The molecule has 0 atom stereocenters. The van der Waals surface area contributed by atoms with E-state index in [2.05, 4.69) is 10.4 Å². The fraction of sp³-hybridized carbons (Fsp3) is 0.111. The second-order valence-electron chi connectivity index (χ2n) is 5.81. The van der Waals surface area contributed by atoms with Gasteiger partial charge in [0.1, 0.15) is 5.69 Å². The zero-order valence-corrected chi connectivity index (χ0v) is 16.0. The van der Waals surface area contributed by atoms with Crippen LogP contribution in [-0.2, 0) is 7.05 Å². The van der Waals surface area contributed by atoms with Crippen LogP contribution < -0.4 is 5.32 Å². The lowest BCUT2D eigenvalue weighted by atomic mass is 10.2. The molecule has 1 aromatic heterocycles. The Morgan fingerprint density at radius 1 is 1.22 bits per heavy atom. The second-order valence-corrected chi connectivity index (χ2v) is 7.36. The van der Waals surface area contributed by atoms with E-state index in [0.717, 1.165) is 10.5 Å². The van der Waals surface area contributed by atoms with E-state index in [-0.39, 0.29) is 16.4 Å². The Balaban J connectivity index is 1.90. The van der Waals surface area contributed by atoms with Gasteiger partial charge in [-0.3, -0.25) is 19.6 Å². The molecule has 1 heterocycles. The average molecular weight is 403 g/mol. The number of non-ortho nitro benzene ring substituents is 1. The van der Waals surface area contributed by atoms with Crippen molar-refractivity contribution in [2.45, 2.75) is 16.7 Å². The number of hydrogen-bond acceptors (Lipinski definition) is 5. The number of halogens is 1. The van der Waals surface area contributed by atoms with Crippen molar-refractivity contribution in [3.63, 3.8) is 0 Å². The Morgan fingerprint density at radius 2 is 1.93 bits per heavy atom. The molecule has 2 aromatic carbocycles. The van der Waals surface area contributed by atoms with E-state index in [9.17, 15) is 14.9 Å². The summed E-state index contributed by atoms with van der Waals surface area (Å²) < 4.78 is 1.34.